The van der Waals surface area contributed by atoms with E-state index >= 15 is 0 Å². The van der Waals surface area contributed by atoms with Crippen LogP contribution in [0.25, 0.3) is 0 Å². The molecule has 204 valence electrons. The van der Waals surface area contributed by atoms with Gasteiger partial charge in [-0.25, -0.2) is 12.8 Å². The minimum Gasteiger partial charge on any atom is -0.370 e. The Morgan fingerprint density at radius 2 is 1.66 bits per heavy atom. The second-order valence-electron chi connectivity index (χ2n) is 8.70. The summed E-state index contributed by atoms with van der Waals surface area (Å²) < 4.78 is 69.1. The van der Waals surface area contributed by atoms with Crippen LogP contribution in [0.3, 0.4) is 0 Å². The van der Waals surface area contributed by atoms with Gasteiger partial charge in [0.25, 0.3) is 10.1 Å². The van der Waals surface area contributed by atoms with Gasteiger partial charge in [0.15, 0.2) is 0 Å². The number of rotatable bonds is 5. The van der Waals surface area contributed by atoms with Gasteiger partial charge in [-0.1, -0.05) is 23.8 Å². The van der Waals surface area contributed by atoms with Gasteiger partial charge in [0.1, 0.15) is 5.82 Å². The van der Waals surface area contributed by atoms with Gasteiger partial charge in [-0.05, 0) is 68.4 Å². The summed E-state index contributed by atoms with van der Waals surface area (Å²) in [5, 5.41) is 5.92. The quantitative estimate of drug-likeness (QED) is 0.401. The van der Waals surface area contributed by atoms with Crippen LogP contribution in [0.5, 0.6) is 0 Å². The maximum Gasteiger partial charge on any atom is 0.294 e. The summed E-state index contributed by atoms with van der Waals surface area (Å²) in [6, 6.07) is 15.7. The molecule has 1 saturated heterocycles. The summed E-state index contributed by atoms with van der Waals surface area (Å²) in [5.74, 6) is -1.01. The first-order chi connectivity index (χ1) is 17.9. The fourth-order valence-electron chi connectivity index (χ4n) is 3.81. The second-order valence-corrected chi connectivity index (χ2v) is 12.0. The third-order valence-electron chi connectivity index (χ3n) is 5.69. The molecular formula is C26H30FN3O6S2. The Morgan fingerprint density at radius 1 is 0.947 bits per heavy atom. The van der Waals surface area contributed by atoms with Crippen molar-refractivity contribution in [2.24, 2.45) is 0 Å². The largest absolute Gasteiger partial charge is 0.370 e. The van der Waals surface area contributed by atoms with Gasteiger partial charge >= 0.3 is 0 Å². The van der Waals surface area contributed by atoms with Crippen LogP contribution < -0.4 is 15.5 Å². The number of benzene rings is 3. The van der Waals surface area contributed by atoms with Crippen molar-refractivity contribution in [1.82, 2.24) is 5.32 Å². The second kappa shape index (κ2) is 12.5. The lowest BCUT2D eigenvalue weighted by Gasteiger charge is -2.24. The van der Waals surface area contributed by atoms with Crippen LogP contribution in [0.4, 0.5) is 15.8 Å². The average molecular weight is 564 g/mol. The highest BCUT2D eigenvalue weighted by molar-refractivity contribution is 7.91. The van der Waals surface area contributed by atoms with Crippen molar-refractivity contribution in [2.75, 3.05) is 36.4 Å². The predicted octanol–water partition coefficient (Wildman–Crippen LogP) is 3.66. The molecular weight excluding hydrogens is 533 g/mol. The molecule has 9 nitrogen and oxygen atoms in total. The first kappa shape index (κ1) is 29.2. The maximum atomic E-state index is 13.5. The van der Waals surface area contributed by atoms with E-state index in [1.807, 2.05) is 6.92 Å². The van der Waals surface area contributed by atoms with E-state index in [1.165, 1.54) is 43.3 Å². The Kier molecular flexibility index (Phi) is 9.60. The number of carbonyl (C=O) groups is 1. The highest BCUT2D eigenvalue weighted by Gasteiger charge is 2.24. The number of halogens is 1. The standard InChI is InChI=1S/C19H22FN3O3S.C7H8O3S/c1-14(24)22-18-13-16(23-10-3-8-21-9-11-23)6-7-19(18)27(25,26)17-5-2-4-15(20)12-17;1-6-2-4-7(5-3-6)11(8,9)10/h2,4-7,12-13,21H,3,8-11H2,1H3,(H,22,24);2-5H,1H3,(H,8,9,10). The van der Waals surface area contributed by atoms with Gasteiger partial charge in [-0.2, -0.15) is 8.42 Å². The summed E-state index contributed by atoms with van der Waals surface area (Å²) in [6.07, 6.45) is 0.971. The highest BCUT2D eigenvalue weighted by Crippen LogP contribution is 2.32. The van der Waals surface area contributed by atoms with Crippen LogP contribution in [0.2, 0.25) is 0 Å². The van der Waals surface area contributed by atoms with Gasteiger partial charge in [0.2, 0.25) is 15.7 Å². The fraction of sp³-hybridized carbons (Fsp3) is 0.269. The van der Waals surface area contributed by atoms with Crippen LogP contribution in [-0.4, -0.2) is 53.5 Å². The molecule has 0 aromatic heterocycles. The van der Waals surface area contributed by atoms with Crippen molar-refractivity contribution in [2.45, 2.75) is 35.0 Å². The van der Waals surface area contributed by atoms with Gasteiger partial charge in [0, 0.05) is 32.2 Å². The molecule has 0 aliphatic carbocycles. The minimum absolute atomic E-state index is 0.0556. The van der Waals surface area contributed by atoms with E-state index in [-0.39, 0.29) is 26.3 Å². The molecule has 0 spiro atoms. The van der Waals surface area contributed by atoms with Crippen molar-refractivity contribution in [3.05, 3.63) is 78.1 Å². The fourth-order valence-corrected chi connectivity index (χ4v) is 5.72. The molecule has 3 aromatic carbocycles. The smallest absolute Gasteiger partial charge is 0.294 e. The number of aryl methyl sites for hydroxylation is 1. The Labute approximate surface area is 222 Å². The first-order valence-electron chi connectivity index (χ1n) is 11.8. The van der Waals surface area contributed by atoms with E-state index in [0.717, 1.165) is 49.9 Å². The first-order valence-corrected chi connectivity index (χ1v) is 14.7. The van der Waals surface area contributed by atoms with E-state index in [4.69, 9.17) is 4.55 Å². The zero-order valence-corrected chi connectivity index (χ0v) is 22.6. The number of anilines is 2. The molecule has 1 fully saturated rings. The predicted molar refractivity (Wildman–Crippen MR) is 143 cm³/mol. The summed E-state index contributed by atoms with van der Waals surface area (Å²) >= 11 is 0. The summed E-state index contributed by atoms with van der Waals surface area (Å²) in [6.45, 7) is 6.55. The van der Waals surface area contributed by atoms with Crippen LogP contribution in [0, 0.1) is 12.7 Å². The molecule has 1 aliphatic rings. The lowest BCUT2D eigenvalue weighted by Crippen LogP contribution is -2.28. The molecule has 1 amide bonds. The SMILES string of the molecule is CC(=O)Nc1cc(N2CCCNCC2)ccc1S(=O)(=O)c1cccc(F)c1.Cc1ccc(S(=O)(=O)O)cc1. The van der Waals surface area contributed by atoms with Crippen molar-refractivity contribution in [3.8, 4) is 0 Å². The number of carbonyl (C=O) groups excluding carboxylic acids is 1. The molecule has 1 heterocycles. The lowest BCUT2D eigenvalue weighted by molar-refractivity contribution is -0.114. The monoisotopic (exact) mass is 563 g/mol. The topological polar surface area (TPSA) is 133 Å². The third kappa shape index (κ3) is 7.84. The van der Waals surface area contributed by atoms with Crippen molar-refractivity contribution in [3.63, 3.8) is 0 Å². The molecule has 1 aliphatic heterocycles. The Hall–Kier alpha value is -3.32. The molecule has 0 saturated carbocycles. The number of nitrogens with one attached hydrogen (secondary N) is 2. The Morgan fingerprint density at radius 3 is 2.29 bits per heavy atom. The van der Waals surface area contributed by atoms with Gasteiger partial charge < -0.3 is 15.5 Å². The summed E-state index contributed by atoms with van der Waals surface area (Å²) in [7, 11) is -8.00. The van der Waals surface area contributed by atoms with E-state index in [2.05, 4.69) is 15.5 Å². The molecule has 3 aromatic rings. The molecule has 0 atom stereocenters. The van der Waals surface area contributed by atoms with Crippen molar-refractivity contribution < 1.29 is 30.6 Å². The van der Waals surface area contributed by atoms with Crippen LogP contribution in [-0.2, 0) is 24.7 Å². The molecule has 3 N–H and O–H groups in total. The van der Waals surface area contributed by atoms with Gasteiger partial charge in [-0.15, -0.1) is 0 Å². The number of sulfone groups is 1. The van der Waals surface area contributed by atoms with Crippen LogP contribution >= 0.6 is 0 Å². The van der Waals surface area contributed by atoms with E-state index < -0.39 is 25.8 Å². The van der Waals surface area contributed by atoms with E-state index in [9.17, 15) is 26.0 Å². The molecule has 0 bridgehead atoms. The zero-order valence-electron chi connectivity index (χ0n) is 21.0. The van der Waals surface area contributed by atoms with Crippen molar-refractivity contribution in [1.29, 1.82) is 0 Å². The maximum absolute atomic E-state index is 13.5. The third-order valence-corrected chi connectivity index (χ3v) is 8.37. The minimum atomic E-state index is -4.02. The van der Waals surface area contributed by atoms with E-state index in [1.54, 1.807) is 24.3 Å². The summed E-state index contributed by atoms with van der Waals surface area (Å²) in [5.41, 5.74) is 1.99. The number of hydrogen-bond donors (Lipinski definition) is 3. The average Bonchev–Trinajstić information content (AvgIpc) is 3.13. The van der Waals surface area contributed by atoms with Gasteiger partial charge in [-0.3, -0.25) is 9.35 Å². The highest BCUT2D eigenvalue weighted by atomic mass is 32.2. The normalized spacial score (nSPS) is 14.2. The Bertz CT molecular complexity index is 1490. The molecule has 38 heavy (non-hydrogen) atoms. The molecule has 12 heteroatoms. The molecule has 0 unspecified atom stereocenters. The van der Waals surface area contributed by atoms with E-state index in [0.29, 0.717) is 0 Å². The van der Waals surface area contributed by atoms with Gasteiger partial charge in [0.05, 0.1) is 20.4 Å². The van der Waals surface area contributed by atoms with Crippen LogP contribution in [0.1, 0.15) is 18.9 Å². The zero-order chi connectivity index (χ0) is 27.9. The summed E-state index contributed by atoms with van der Waals surface area (Å²) in [4.78, 5) is 13.5. The molecule has 4 rings (SSSR count). The number of amides is 1. The van der Waals surface area contributed by atoms with Crippen molar-refractivity contribution >= 4 is 37.2 Å². The number of nitrogens with zero attached hydrogens (tertiary/aromatic N) is 1. The molecule has 0 radical (unpaired) electrons. The lowest BCUT2D eigenvalue weighted by atomic mass is 10.2. The van der Waals surface area contributed by atoms with Crippen LogP contribution in [0.15, 0.2) is 81.4 Å². The number of hydrogen-bond acceptors (Lipinski definition) is 7. The Balaban J connectivity index is 0.000000304.